The largest absolute Gasteiger partial charge is 0.352 e. The van der Waals surface area contributed by atoms with E-state index in [9.17, 15) is 4.79 Å². The first-order valence-corrected chi connectivity index (χ1v) is 7.06. The first-order valence-electron chi connectivity index (χ1n) is 7.06. The van der Waals surface area contributed by atoms with Gasteiger partial charge in [-0.2, -0.15) is 5.10 Å². The molecule has 1 N–H and O–H groups in total. The van der Waals surface area contributed by atoms with Crippen molar-refractivity contribution >= 4 is 5.91 Å². The maximum Gasteiger partial charge on any atom is 0.223 e. The Labute approximate surface area is 118 Å². The summed E-state index contributed by atoms with van der Waals surface area (Å²) in [4.78, 5) is 11.9. The van der Waals surface area contributed by atoms with Gasteiger partial charge in [-0.05, 0) is 29.5 Å². The normalized spacial score (nSPS) is 20.6. The molecule has 0 aliphatic heterocycles. The van der Waals surface area contributed by atoms with Crippen LogP contribution >= 0.6 is 0 Å². The van der Waals surface area contributed by atoms with Gasteiger partial charge in [0.1, 0.15) is 0 Å². The smallest absolute Gasteiger partial charge is 0.223 e. The standard InChI is InChI=1S/C16H19N3O/c1-12-9-15(12)16(20)17-10-13-5-2-3-6-14(13)11-19-8-4-7-18-19/h2-8,12,15H,9-11H2,1H3,(H,17,20)/t12-,15-/m0/s1. The molecule has 1 aromatic heterocycles. The SMILES string of the molecule is C[C@H]1C[C@@H]1C(=O)NCc1ccccc1Cn1cccn1. The quantitative estimate of drug-likeness (QED) is 0.904. The Morgan fingerprint density at radius 1 is 1.35 bits per heavy atom. The fourth-order valence-corrected chi connectivity index (χ4v) is 2.45. The molecule has 0 radical (unpaired) electrons. The Hall–Kier alpha value is -2.10. The fraction of sp³-hybridized carbons (Fsp3) is 0.375. The van der Waals surface area contributed by atoms with E-state index in [1.165, 1.54) is 5.56 Å². The van der Waals surface area contributed by atoms with Gasteiger partial charge in [0.15, 0.2) is 0 Å². The van der Waals surface area contributed by atoms with Crippen LogP contribution in [0.3, 0.4) is 0 Å². The highest BCUT2D eigenvalue weighted by Crippen LogP contribution is 2.37. The van der Waals surface area contributed by atoms with Crippen LogP contribution < -0.4 is 5.32 Å². The average Bonchev–Trinajstić information content (AvgIpc) is 2.97. The Morgan fingerprint density at radius 3 is 2.75 bits per heavy atom. The van der Waals surface area contributed by atoms with Crippen molar-refractivity contribution in [2.75, 3.05) is 0 Å². The van der Waals surface area contributed by atoms with Crippen LogP contribution in [0.15, 0.2) is 42.7 Å². The molecule has 0 spiro atoms. The van der Waals surface area contributed by atoms with Crippen LogP contribution in [0.25, 0.3) is 0 Å². The van der Waals surface area contributed by atoms with Crippen LogP contribution in [-0.2, 0) is 17.9 Å². The van der Waals surface area contributed by atoms with Crippen molar-refractivity contribution in [3.63, 3.8) is 0 Å². The predicted octanol–water partition coefficient (Wildman–Crippen LogP) is 2.20. The van der Waals surface area contributed by atoms with E-state index in [-0.39, 0.29) is 11.8 Å². The van der Waals surface area contributed by atoms with Crippen molar-refractivity contribution < 1.29 is 4.79 Å². The lowest BCUT2D eigenvalue weighted by Gasteiger charge is -2.11. The highest BCUT2D eigenvalue weighted by molar-refractivity contribution is 5.81. The van der Waals surface area contributed by atoms with Gasteiger partial charge in [0.2, 0.25) is 5.91 Å². The number of hydrogen-bond acceptors (Lipinski definition) is 2. The molecule has 1 aliphatic rings. The lowest BCUT2D eigenvalue weighted by atomic mass is 10.1. The number of hydrogen-bond donors (Lipinski definition) is 1. The van der Waals surface area contributed by atoms with Crippen molar-refractivity contribution in [1.29, 1.82) is 0 Å². The monoisotopic (exact) mass is 269 g/mol. The molecule has 2 atom stereocenters. The zero-order valence-corrected chi connectivity index (χ0v) is 11.6. The van der Waals surface area contributed by atoms with Crippen LogP contribution in [0.4, 0.5) is 0 Å². The Morgan fingerprint density at radius 2 is 2.10 bits per heavy atom. The van der Waals surface area contributed by atoms with E-state index in [1.54, 1.807) is 6.20 Å². The van der Waals surface area contributed by atoms with Crippen LogP contribution in [0.2, 0.25) is 0 Å². The lowest BCUT2D eigenvalue weighted by molar-refractivity contribution is -0.122. The Bertz CT molecular complexity index is 592. The molecule has 3 rings (SSSR count). The summed E-state index contributed by atoms with van der Waals surface area (Å²) in [6.07, 6.45) is 4.75. The van der Waals surface area contributed by atoms with Crippen molar-refractivity contribution in [2.24, 2.45) is 11.8 Å². The molecule has 1 aliphatic carbocycles. The number of amides is 1. The van der Waals surface area contributed by atoms with Crippen molar-refractivity contribution in [1.82, 2.24) is 15.1 Å². The lowest BCUT2D eigenvalue weighted by Crippen LogP contribution is -2.25. The topological polar surface area (TPSA) is 46.9 Å². The summed E-state index contributed by atoms with van der Waals surface area (Å²) in [6, 6.07) is 10.1. The van der Waals surface area contributed by atoms with Gasteiger partial charge in [-0.3, -0.25) is 9.48 Å². The summed E-state index contributed by atoms with van der Waals surface area (Å²) in [5.74, 6) is 0.967. The number of nitrogens with one attached hydrogen (secondary N) is 1. The maximum atomic E-state index is 11.9. The van der Waals surface area contributed by atoms with E-state index < -0.39 is 0 Å². The molecule has 4 heteroatoms. The van der Waals surface area contributed by atoms with Crippen LogP contribution in [0.5, 0.6) is 0 Å². The molecule has 1 aromatic carbocycles. The van der Waals surface area contributed by atoms with Gasteiger partial charge in [-0.1, -0.05) is 31.2 Å². The van der Waals surface area contributed by atoms with Crippen LogP contribution in [-0.4, -0.2) is 15.7 Å². The molecule has 4 nitrogen and oxygen atoms in total. The van der Waals surface area contributed by atoms with Gasteiger partial charge in [-0.25, -0.2) is 0 Å². The van der Waals surface area contributed by atoms with Gasteiger partial charge in [-0.15, -0.1) is 0 Å². The van der Waals surface area contributed by atoms with Crippen molar-refractivity contribution in [3.05, 3.63) is 53.9 Å². The van der Waals surface area contributed by atoms with E-state index in [2.05, 4.69) is 29.5 Å². The molecule has 0 bridgehead atoms. The molecule has 1 heterocycles. The third-order valence-corrected chi connectivity index (χ3v) is 3.91. The fourth-order valence-electron chi connectivity index (χ4n) is 2.45. The summed E-state index contributed by atoms with van der Waals surface area (Å²) in [5, 5.41) is 7.27. The molecule has 1 fully saturated rings. The highest BCUT2D eigenvalue weighted by Gasteiger charge is 2.38. The van der Waals surface area contributed by atoms with Crippen molar-refractivity contribution in [3.8, 4) is 0 Å². The summed E-state index contributed by atoms with van der Waals surface area (Å²) < 4.78 is 1.89. The minimum Gasteiger partial charge on any atom is -0.352 e. The summed E-state index contributed by atoms with van der Waals surface area (Å²) in [5.41, 5.74) is 2.35. The molecule has 104 valence electrons. The van der Waals surface area contributed by atoms with Gasteiger partial charge < -0.3 is 5.32 Å². The van der Waals surface area contributed by atoms with E-state index in [1.807, 2.05) is 29.1 Å². The van der Waals surface area contributed by atoms with E-state index >= 15 is 0 Å². The Kier molecular flexibility index (Phi) is 3.54. The molecule has 2 aromatic rings. The summed E-state index contributed by atoms with van der Waals surface area (Å²) in [6.45, 7) is 3.45. The number of carbonyl (C=O) groups excluding carboxylic acids is 1. The second-order valence-corrected chi connectivity index (χ2v) is 5.51. The molecule has 0 saturated heterocycles. The van der Waals surface area contributed by atoms with Gasteiger partial charge in [0.25, 0.3) is 0 Å². The Balaban J connectivity index is 1.65. The zero-order valence-electron chi connectivity index (χ0n) is 11.6. The highest BCUT2D eigenvalue weighted by atomic mass is 16.2. The summed E-state index contributed by atoms with van der Waals surface area (Å²) in [7, 11) is 0. The average molecular weight is 269 g/mol. The first kappa shape index (κ1) is 12.9. The molecule has 0 unspecified atom stereocenters. The number of benzene rings is 1. The maximum absolute atomic E-state index is 11.9. The summed E-state index contributed by atoms with van der Waals surface area (Å²) >= 11 is 0. The zero-order chi connectivity index (χ0) is 13.9. The molecule has 1 saturated carbocycles. The molecule has 1 amide bonds. The van der Waals surface area contributed by atoms with Crippen LogP contribution in [0.1, 0.15) is 24.5 Å². The molecule has 20 heavy (non-hydrogen) atoms. The third-order valence-electron chi connectivity index (χ3n) is 3.91. The minimum atomic E-state index is 0.186. The van der Waals surface area contributed by atoms with E-state index in [0.717, 1.165) is 18.5 Å². The second kappa shape index (κ2) is 5.49. The number of carbonyl (C=O) groups is 1. The number of aromatic nitrogens is 2. The second-order valence-electron chi connectivity index (χ2n) is 5.51. The van der Waals surface area contributed by atoms with Gasteiger partial charge in [0, 0.05) is 24.9 Å². The van der Waals surface area contributed by atoms with Gasteiger partial charge in [0.05, 0.1) is 6.54 Å². The van der Waals surface area contributed by atoms with E-state index in [0.29, 0.717) is 12.5 Å². The minimum absolute atomic E-state index is 0.186. The van der Waals surface area contributed by atoms with E-state index in [4.69, 9.17) is 0 Å². The number of nitrogens with zero attached hydrogens (tertiary/aromatic N) is 2. The predicted molar refractivity (Wildman–Crippen MR) is 76.9 cm³/mol. The van der Waals surface area contributed by atoms with Gasteiger partial charge >= 0.3 is 0 Å². The molecular weight excluding hydrogens is 250 g/mol. The molecular formula is C16H19N3O. The number of rotatable bonds is 5. The van der Waals surface area contributed by atoms with Crippen molar-refractivity contribution in [2.45, 2.75) is 26.4 Å². The first-order chi connectivity index (χ1) is 9.74. The van der Waals surface area contributed by atoms with Crippen LogP contribution in [0, 0.1) is 11.8 Å². The third kappa shape index (κ3) is 2.90.